The highest BCUT2D eigenvalue weighted by Gasteiger charge is 2.11. The minimum absolute atomic E-state index is 0. The second kappa shape index (κ2) is 13.6. The number of nitrogens with one attached hydrogen (secondary N) is 2. The average Bonchev–Trinajstić information content (AvgIpc) is 3.13. The van der Waals surface area contributed by atoms with Crippen molar-refractivity contribution in [2.75, 3.05) is 33.9 Å². The first-order valence-corrected chi connectivity index (χ1v) is 9.49. The van der Waals surface area contributed by atoms with Crippen LogP contribution in [0.5, 0.6) is 5.75 Å². The molecule has 1 aromatic rings. The second-order valence-electron chi connectivity index (χ2n) is 6.46. The fourth-order valence-corrected chi connectivity index (χ4v) is 3.00. The number of benzene rings is 1. The van der Waals surface area contributed by atoms with Crippen molar-refractivity contribution in [2.24, 2.45) is 4.99 Å². The molecule has 1 aliphatic heterocycles. The number of carbonyl (C=O) groups is 1. The van der Waals surface area contributed by atoms with Gasteiger partial charge in [0.15, 0.2) is 5.96 Å². The molecule has 1 aromatic carbocycles. The molecule has 0 bridgehead atoms. The predicted octanol–water partition coefficient (Wildman–Crippen LogP) is 3.07. The van der Waals surface area contributed by atoms with E-state index in [9.17, 15) is 4.79 Å². The number of nitrogens with zero attached hydrogens (tertiary/aromatic N) is 1. The molecule has 6 nitrogen and oxygen atoms in total. The van der Waals surface area contributed by atoms with E-state index >= 15 is 0 Å². The second-order valence-corrected chi connectivity index (χ2v) is 6.46. The molecule has 0 fully saturated rings. The standard InChI is InChI=1S/C20H31N3O3.HI/c1-21-20(22-12-6-4-3-5-7-19(24)25-2)23-13-10-16-8-9-18-17(15-16)11-14-26-18;/h8-9,15H,3-7,10-14H2,1-2H3,(H2,21,22,23);1H. The van der Waals surface area contributed by atoms with Crippen molar-refractivity contribution in [2.45, 2.75) is 44.9 Å². The quantitative estimate of drug-likeness (QED) is 0.174. The fraction of sp³-hybridized carbons (Fsp3) is 0.600. The lowest BCUT2D eigenvalue weighted by Crippen LogP contribution is -2.38. The van der Waals surface area contributed by atoms with E-state index in [0.717, 1.165) is 69.9 Å². The summed E-state index contributed by atoms with van der Waals surface area (Å²) < 4.78 is 10.2. The van der Waals surface area contributed by atoms with Crippen LogP contribution in [0.4, 0.5) is 0 Å². The maximum atomic E-state index is 11.0. The van der Waals surface area contributed by atoms with Gasteiger partial charge in [-0.25, -0.2) is 0 Å². The van der Waals surface area contributed by atoms with Gasteiger partial charge >= 0.3 is 5.97 Å². The van der Waals surface area contributed by atoms with Crippen LogP contribution in [0.25, 0.3) is 0 Å². The summed E-state index contributed by atoms with van der Waals surface area (Å²) in [7, 11) is 3.22. The van der Waals surface area contributed by atoms with Gasteiger partial charge in [-0.05, 0) is 36.5 Å². The minimum atomic E-state index is -0.122. The highest BCUT2D eigenvalue weighted by atomic mass is 127. The van der Waals surface area contributed by atoms with Crippen molar-refractivity contribution in [1.29, 1.82) is 0 Å². The Morgan fingerprint density at radius 2 is 1.96 bits per heavy atom. The van der Waals surface area contributed by atoms with Crippen LogP contribution >= 0.6 is 24.0 Å². The average molecular weight is 489 g/mol. The summed E-state index contributed by atoms with van der Waals surface area (Å²) >= 11 is 0. The van der Waals surface area contributed by atoms with Crippen molar-refractivity contribution < 1.29 is 14.3 Å². The van der Waals surface area contributed by atoms with Crippen molar-refractivity contribution in [3.63, 3.8) is 0 Å². The van der Waals surface area contributed by atoms with Crippen LogP contribution in [0.2, 0.25) is 0 Å². The van der Waals surface area contributed by atoms with Gasteiger partial charge in [-0.1, -0.05) is 25.0 Å². The Balaban J connectivity index is 0.00000364. The van der Waals surface area contributed by atoms with Gasteiger partial charge in [-0.3, -0.25) is 9.79 Å². The predicted molar refractivity (Wildman–Crippen MR) is 119 cm³/mol. The zero-order valence-corrected chi connectivity index (χ0v) is 18.7. The summed E-state index contributed by atoms with van der Waals surface area (Å²) in [4.78, 5) is 15.3. The fourth-order valence-electron chi connectivity index (χ4n) is 3.00. The number of unbranched alkanes of at least 4 members (excludes halogenated alkanes) is 3. The first-order chi connectivity index (χ1) is 12.7. The number of aliphatic imine (C=N–C) groups is 1. The van der Waals surface area contributed by atoms with Gasteiger partial charge in [0.25, 0.3) is 0 Å². The SMILES string of the molecule is CN=C(NCCCCCCC(=O)OC)NCCc1ccc2c(c1)CCO2.I. The van der Waals surface area contributed by atoms with Crippen LogP contribution in [-0.2, 0) is 22.4 Å². The zero-order valence-electron chi connectivity index (χ0n) is 16.4. The Kier molecular flexibility index (Phi) is 11.9. The largest absolute Gasteiger partial charge is 0.493 e. The van der Waals surface area contributed by atoms with E-state index in [4.69, 9.17) is 4.74 Å². The van der Waals surface area contributed by atoms with Crippen LogP contribution in [0.3, 0.4) is 0 Å². The van der Waals surface area contributed by atoms with Crippen molar-refractivity contribution in [1.82, 2.24) is 10.6 Å². The van der Waals surface area contributed by atoms with Gasteiger partial charge in [-0.2, -0.15) is 0 Å². The zero-order chi connectivity index (χ0) is 18.6. The molecule has 2 rings (SSSR count). The van der Waals surface area contributed by atoms with Crippen LogP contribution < -0.4 is 15.4 Å². The van der Waals surface area contributed by atoms with Gasteiger partial charge in [0.1, 0.15) is 5.75 Å². The molecule has 0 spiro atoms. The third-order valence-corrected chi connectivity index (χ3v) is 4.51. The molecule has 0 unspecified atom stereocenters. The Morgan fingerprint density at radius 3 is 2.74 bits per heavy atom. The monoisotopic (exact) mass is 489 g/mol. The Bertz CT molecular complexity index is 608. The normalized spacial score (nSPS) is 12.6. The Hall–Kier alpha value is -1.51. The lowest BCUT2D eigenvalue weighted by atomic mass is 10.1. The molecule has 0 aliphatic carbocycles. The lowest BCUT2D eigenvalue weighted by Gasteiger charge is -2.12. The van der Waals surface area contributed by atoms with Gasteiger partial charge in [-0.15, -0.1) is 24.0 Å². The van der Waals surface area contributed by atoms with E-state index in [1.165, 1.54) is 18.2 Å². The summed E-state index contributed by atoms with van der Waals surface area (Å²) in [5, 5.41) is 6.69. The molecule has 1 aliphatic rings. The molecule has 0 saturated heterocycles. The summed E-state index contributed by atoms with van der Waals surface area (Å²) in [6.45, 7) is 2.53. The van der Waals surface area contributed by atoms with Gasteiger partial charge in [0.2, 0.25) is 0 Å². The number of hydrogen-bond acceptors (Lipinski definition) is 4. The van der Waals surface area contributed by atoms with Crippen molar-refractivity contribution in [3.8, 4) is 5.75 Å². The number of esters is 1. The third-order valence-electron chi connectivity index (χ3n) is 4.51. The molecule has 0 saturated carbocycles. The van der Waals surface area contributed by atoms with Crippen LogP contribution in [0, 0.1) is 0 Å². The molecule has 27 heavy (non-hydrogen) atoms. The maximum absolute atomic E-state index is 11.0. The Morgan fingerprint density at radius 1 is 1.19 bits per heavy atom. The summed E-state index contributed by atoms with van der Waals surface area (Å²) in [5.74, 6) is 1.75. The van der Waals surface area contributed by atoms with E-state index in [2.05, 4.69) is 38.6 Å². The molecule has 152 valence electrons. The number of carbonyl (C=O) groups excluding carboxylic acids is 1. The summed E-state index contributed by atoms with van der Waals surface area (Å²) in [6, 6.07) is 6.45. The first-order valence-electron chi connectivity index (χ1n) is 9.49. The van der Waals surface area contributed by atoms with Gasteiger partial charge in [0, 0.05) is 33.0 Å². The number of hydrogen-bond donors (Lipinski definition) is 2. The molecule has 0 amide bonds. The van der Waals surface area contributed by atoms with E-state index in [-0.39, 0.29) is 29.9 Å². The number of methoxy groups -OCH3 is 1. The molecule has 1 heterocycles. The Labute approximate surface area is 179 Å². The lowest BCUT2D eigenvalue weighted by molar-refractivity contribution is -0.140. The topological polar surface area (TPSA) is 72.0 Å². The smallest absolute Gasteiger partial charge is 0.305 e. The molecular formula is C20H32IN3O3. The molecule has 7 heteroatoms. The molecule has 2 N–H and O–H groups in total. The van der Waals surface area contributed by atoms with Crippen LogP contribution in [-0.4, -0.2) is 45.8 Å². The molecule has 0 aromatic heterocycles. The summed E-state index contributed by atoms with van der Waals surface area (Å²) in [6.07, 6.45) is 6.59. The highest BCUT2D eigenvalue weighted by molar-refractivity contribution is 14.0. The van der Waals surface area contributed by atoms with E-state index in [1.807, 2.05) is 0 Å². The number of fused-ring (bicyclic) bond motifs is 1. The molecule has 0 atom stereocenters. The third kappa shape index (κ3) is 8.81. The number of guanidine groups is 1. The van der Waals surface area contributed by atoms with Gasteiger partial charge in [0.05, 0.1) is 13.7 Å². The van der Waals surface area contributed by atoms with E-state index in [1.54, 1.807) is 7.05 Å². The highest BCUT2D eigenvalue weighted by Crippen LogP contribution is 2.25. The minimum Gasteiger partial charge on any atom is -0.493 e. The number of halogens is 1. The molecular weight excluding hydrogens is 457 g/mol. The van der Waals surface area contributed by atoms with Crippen molar-refractivity contribution >= 4 is 35.9 Å². The van der Waals surface area contributed by atoms with E-state index < -0.39 is 0 Å². The van der Waals surface area contributed by atoms with Crippen molar-refractivity contribution in [3.05, 3.63) is 29.3 Å². The first kappa shape index (κ1) is 23.5. The van der Waals surface area contributed by atoms with E-state index in [0.29, 0.717) is 6.42 Å². The van der Waals surface area contributed by atoms with Crippen LogP contribution in [0.1, 0.15) is 43.2 Å². The molecule has 0 radical (unpaired) electrons. The van der Waals surface area contributed by atoms with Crippen LogP contribution in [0.15, 0.2) is 23.2 Å². The number of ether oxygens (including phenoxy) is 2. The summed E-state index contributed by atoms with van der Waals surface area (Å²) in [5.41, 5.74) is 2.64. The number of rotatable bonds is 10. The maximum Gasteiger partial charge on any atom is 0.305 e. The van der Waals surface area contributed by atoms with Gasteiger partial charge < -0.3 is 20.1 Å².